The molecular weight excluding hydrogens is 469 g/mol. The van der Waals surface area contributed by atoms with Crippen molar-refractivity contribution in [1.82, 2.24) is 20.1 Å². The van der Waals surface area contributed by atoms with Crippen LogP contribution in [-0.4, -0.2) is 52.0 Å². The second-order valence-corrected chi connectivity index (χ2v) is 8.54. The summed E-state index contributed by atoms with van der Waals surface area (Å²) >= 11 is 0. The number of carbonyl (C=O) groups excluding carboxylic acids is 2. The predicted molar refractivity (Wildman–Crippen MR) is 133 cm³/mol. The van der Waals surface area contributed by atoms with Crippen LogP contribution in [0.3, 0.4) is 0 Å². The molecule has 11 heteroatoms. The van der Waals surface area contributed by atoms with Gasteiger partial charge in [0.05, 0.1) is 13.3 Å². The van der Waals surface area contributed by atoms with E-state index in [9.17, 15) is 9.59 Å². The number of amides is 1. The van der Waals surface area contributed by atoms with E-state index < -0.39 is 18.1 Å². The molecule has 0 saturated carbocycles. The molecule has 0 aliphatic carbocycles. The fourth-order valence-electron chi connectivity index (χ4n) is 4.04. The van der Waals surface area contributed by atoms with E-state index in [1.165, 1.54) is 12.7 Å². The van der Waals surface area contributed by atoms with Crippen LogP contribution in [0.4, 0.5) is 10.6 Å². The summed E-state index contributed by atoms with van der Waals surface area (Å²) in [5, 5.41) is 10.4. The molecular formula is C26H32LiN5O5. The fraction of sp³-hybridized carbons (Fsp3) is 0.385. The third kappa shape index (κ3) is 8.93. The molecule has 0 bridgehead atoms. The Balaban J connectivity index is 0.00000241. The van der Waals surface area contributed by atoms with Crippen LogP contribution in [0.25, 0.3) is 0 Å². The second kappa shape index (κ2) is 15.0. The maximum atomic E-state index is 12.2. The van der Waals surface area contributed by atoms with Gasteiger partial charge >= 0.3 is 30.9 Å². The van der Waals surface area contributed by atoms with Gasteiger partial charge in [-0.25, -0.2) is 14.6 Å². The molecule has 1 unspecified atom stereocenters. The summed E-state index contributed by atoms with van der Waals surface area (Å²) in [6.45, 7) is 1.82. The number of carbonyl (C=O) groups is 2. The molecule has 1 aromatic carbocycles. The summed E-state index contributed by atoms with van der Waals surface area (Å²) in [5.41, 5.74) is 4.03. The maximum absolute atomic E-state index is 12.2. The van der Waals surface area contributed by atoms with Crippen LogP contribution in [0.5, 0.6) is 0 Å². The summed E-state index contributed by atoms with van der Waals surface area (Å²) < 4.78 is 11.9. The van der Waals surface area contributed by atoms with Crippen LogP contribution in [0.15, 0.2) is 54.9 Å². The first-order valence-electron chi connectivity index (χ1n) is 11.9. The summed E-state index contributed by atoms with van der Waals surface area (Å²) in [6, 6.07) is 12.7. The molecule has 1 aliphatic rings. The van der Waals surface area contributed by atoms with Crippen LogP contribution < -0.4 is 29.5 Å². The van der Waals surface area contributed by atoms with Crippen molar-refractivity contribution in [2.24, 2.45) is 0 Å². The largest absolute Gasteiger partial charge is 1.00 e. The Bertz CT molecular complexity index is 1140. The minimum atomic E-state index is -0.867. The zero-order valence-corrected chi connectivity index (χ0v) is 21.4. The number of pyridine rings is 1. The fourth-order valence-corrected chi connectivity index (χ4v) is 4.04. The molecule has 1 atom stereocenters. The van der Waals surface area contributed by atoms with Crippen molar-refractivity contribution in [3.63, 3.8) is 0 Å². The Hall–Kier alpha value is -3.32. The first kappa shape index (κ1) is 29.9. The topological polar surface area (TPSA) is 137 Å². The number of hydrogen-bond acceptors (Lipinski definition) is 8. The minimum Gasteiger partial charge on any atom is -0.870 e. The average molecular weight is 502 g/mol. The number of nitrogens with one attached hydrogen (secondary N) is 2. The van der Waals surface area contributed by atoms with E-state index >= 15 is 0 Å². The van der Waals surface area contributed by atoms with Crippen molar-refractivity contribution in [1.29, 1.82) is 0 Å². The maximum Gasteiger partial charge on any atom is 1.00 e. The number of alkyl carbamates (subject to hydrolysis) is 1. The van der Waals surface area contributed by atoms with Crippen molar-refractivity contribution in [2.75, 3.05) is 19.0 Å². The van der Waals surface area contributed by atoms with Gasteiger partial charge in [0.25, 0.3) is 0 Å². The number of aryl methyl sites for hydroxylation is 3. The average Bonchev–Trinajstić information content (AvgIpc) is 3.34. The van der Waals surface area contributed by atoms with E-state index in [0.29, 0.717) is 0 Å². The summed E-state index contributed by atoms with van der Waals surface area (Å²) in [5.74, 6) is 0.472. The zero-order valence-electron chi connectivity index (χ0n) is 21.4. The molecule has 37 heavy (non-hydrogen) atoms. The standard InChI is InChI=1S/C26H31N5O4.Li.H2O/c1-34-25(32)23(30-26(33)35-18-19-7-3-2-4-8-19)15-20-16-28-31(17-20)14-6-10-22-12-11-21-9-5-13-27-24(21)29-22;;/h2-4,7-8,11-12,16-17,23H,5-6,9-10,13-15,18H2,1H3,(H,27,29)(H,30,33);;1H2/q;+1;/p-1. The summed E-state index contributed by atoms with van der Waals surface area (Å²) in [4.78, 5) is 29.2. The number of nitrogens with zero attached hydrogens (tertiary/aromatic N) is 3. The molecule has 1 amide bonds. The van der Waals surface area contributed by atoms with Gasteiger partial charge in [0.1, 0.15) is 18.5 Å². The van der Waals surface area contributed by atoms with Gasteiger partial charge in [0, 0.05) is 31.4 Å². The Morgan fingerprint density at radius 1 is 1.16 bits per heavy atom. The van der Waals surface area contributed by atoms with Gasteiger partial charge < -0.3 is 25.6 Å². The van der Waals surface area contributed by atoms with Gasteiger partial charge in [-0.15, -0.1) is 0 Å². The molecule has 1 aliphatic heterocycles. The first-order valence-corrected chi connectivity index (χ1v) is 11.9. The van der Waals surface area contributed by atoms with Crippen LogP contribution in [0, 0.1) is 0 Å². The summed E-state index contributed by atoms with van der Waals surface area (Å²) in [6.07, 6.45) is 7.13. The molecule has 0 fully saturated rings. The van der Waals surface area contributed by atoms with Gasteiger partial charge in [-0.3, -0.25) is 4.68 Å². The van der Waals surface area contributed by atoms with E-state index in [1.54, 1.807) is 6.20 Å². The monoisotopic (exact) mass is 501 g/mol. The van der Waals surface area contributed by atoms with Crippen molar-refractivity contribution in [3.8, 4) is 0 Å². The zero-order chi connectivity index (χ0) is 24.5. The van der Waals surface area contributed by atoms with Crippen LogP contribution >= 0.6 is 0 Å². The number of aromatic nitrogens is 3. The molecule has 0 radical (unpaired) electrons. The Morgan fingerprint density at radius 3 is 2.76 bits per heavy atom. The molecule has 2 aromatic heterocycles. The molecule has 3 heterocycles. The van der Waals surface area contributed by atoms with E-state index in [2.05, 4.69) is 27.9 Å². The number of hydrogen-bond donors (Lipinski definition) is 2. The number of anilines is 1. The van der Waals surface area contributed by atoms with Crippen molar-refractivity contribution < 1.29 is 43.4 Å². The number of benzene rings is 1. The van der Waals surface area contributed by atoms with Gasteiger partial charge in [-0.05, 0) is 48.4 Å². The first-order chi connectivity index (χ1) is 17.1. The van der Waals surface area contributed by atoms with Crippen LogP contribution in [-0.2, 0) is 46.7 Å². The second-order valence-electron chi connectivity index (χ2n) is 8.54. The van der Waals surface area contributed by atoms with Gasteiger partial charge in [-0.1, -0.05) is 36.4 Å². The predicted octanol–water partition coefficient (Wildman–Crippen LogP) is 0.107. The normalized spacial score (nSPS) is 12.6. The summed E-state index contributed by atoms with van der Waals surface area (Å²) in [7, 11) is 1.29. The SMILES string of the molecule is COC(=O)C(Cc1cnn(CCCc2ccc3c(n2)NCCC3)c1)NC(=O)OCc1ccccc1.[Li+].[OH-]. The van der Waals surface area contributed by atoms with Gasteiger partial charge in [0.15, 0.2) is 0 Å². The van der Waals surface area contributed by atoms with Crippen LogP contribution in [0.1, 0.15) is 35.2 Å². The smallest absolute Gasteiger partial charge is 0.870 e. The number of fused-ring (bicyclic) bond motifs is 1. The molecule has 4 rings (SSSR count). The van der Waals surface area contributed by atoms with E-state index in [-0.39, 0.29) is 37.4 Å². The molecule has 10 nitrogen and oxygen atoms in total. The number of rotatable bonds is 10. The third-order valence-electron chi connectivity index (χ3n) is 5.89. The Kier molecular flexibility index (Phi) is 12.2. The molecule has 0 saturated heterocycles. The quantitative estimate of drug-likeness (QED) is 0.295. The Labute approximate surface area is 228 Å². The van der Waals surface area contributed by atoms with Gasteiger partial charge in [0.2, 0.25) is 0 Å². The van der Waals surface area contributed by atoms with Crippen molar-refractivity contribution in [3.05, 3.63) is 77.2 Å². The third-order valence-corrected chi connectivity index (χ3v) is 5.89. The van der Waals surface area contributed by atoms with Gasteiger partial charge in [-0.2, -0.15) is 5.10 Å². The number of esters is 1. The number of methoxy groups -OCH3 is 1. The van der Waals surface area contributed by atoms with E-state index in [1.807, 2.05) is 41.2 Å². The molecule has 192 valence electrons. The molecule has 3 aromatic rings. The van der Waals surface area contributed by atoms with Crippen LogP contribution in [0.2, 0.25) is 0 Å². The minimum absolute atomic E-state index is 0. The van der Waals surface area contributed by atoms with Crippen molar-refractivity contribution in [2.45, 2.75) is 51.3 Å². The van der Waals surface area contributed by atoms with Crippen molar-refractivity contribution >= 4 is 17.9 Å². The Morgan fingerprint density at radius 2 is 1.97 bits per heavy atom. The van der Waals surface area contributed by atoms with E-state index in [0.717, 1.165) is 61.4 Å². The number of ether oxygens (including phenoxy) is 2. The van der Waals surface area contributed by atoms with E-state index in [4.69, 9.17) is 14.5 Å². The molecule has 0 spiro atoms. The molecule has 3 N–H and O–H groups in total.